The third-order valence-corrected chi connectivity index (χ3v) is 7.25. The van der Waals surface area contributed by atoms with E-state index in [0.717, 1.165) is 18.4 Å². The molecular formula is C30H34N2O7S. The van der Waals surface area contributed by atoms with Crippen LogP contribution in [0.3, 0.4) is 0 Å². The molecule has 0 amide bonds. The maximum atomic E-state index is 13.8. The van der Waals surface area contributed by atoms with E-state index in [1.165, 1.54) is 29.2 Å². The highest BCUT2D eigenvalue weighted by molar-refractivity contribution is 7.07. The van der Waals surface area contributed by atoms with Gasteiger partial charge in [-0.15, -0.1) is 0 Å². The van der Waals surface area contributed by atoms with Crippen LogP contribution >= 0.6 is 11.3 Å². The van der Waals surface area contributed by atoms with Gasteiger partial charge in [-0.05, 0) is 61.7 Å². The van der Waals surface area contributed by atoms with Crippen molar-refractivity contribution < 1.29 is 28.5 Å². The van der Waals surface area contributed by atoms with Gasteiger partial charge >= 0.3 is 5.97 Å². The van der Waals surface area contributed by atoms with E-state index in [-0.39, 0.29) is 11.1 Å². The molecule has 0 saturated carbocycles. The number of carbonyl (C=O) groups excluding carboxylic acids is 1. The van der Waals surface area contributed by atoms with Crippen molar-refractivity contribution in [3.63, 3.8) is 0 Å². The van der Waals surface area contributed by atoms with Crippen molar-refractivity contribution >= 4 is 23.4 Å². The highest BCUT2D eigenvalue weighted by atomic mass is 32.1. The van der Waals surface area contributed by atoms with Crippen molar-refractivity contribution in [3.05, 3.63) is 79.0 Å². The van der Waals surface area contributed by atoms with E-state index in [0.29, 0.717) is 57.7 Å². The highest BCUT2D eigenvalue weighted by Crippen LogP contribution is 2.35. The first-order valence-corrected chi connectivity index (χ1v) is 14.1. The van der Waals surface area contributed by atoms with Crippen LogP contribution in [0.2, 0.25) is 0 Å². The van der Waals surface area contributed by atoms with Gasteiger partial charge in [0.2, 0.25) is 0 Å². The normalized spacial score (nSPS) is 14.6. The summed E-state index contributed by atoms with van der Waals surface area (Å²) < 4.78 is 29.9. The van der Waals surface area contributed by atoms with Crippen LogP contribution in [0.5, 0.6) is 23.0 Å². The Kier molecular flexibility index (Phi) is 9.65. The summed E-state index contributed by atoms with van der Waals surface area (Å²) in [6.45, 7) is 7.37. The van der Waals surface area contributed by atoms with Gasteiger partial charge in [0, 0.05) is 6.20 Å². The van der Waals surface area contributed by atoms with Gasteiger partial charge in [0.15, 0.2) is 27.8 Å². The Morgan fingerprint density at radius 2 is 1.70 bits per heavy atom. The summed E-state index contributed by atoms with van der Waals surface area (Å²) in [5.74, 6) is 1.77. The molecule has 0 unspecified atom stereocenters. The predicted molar refractivity (Wildman–Crippen MR) is 153 cm³/mol. The molecule has 4 rings (SSSR count). The van der Waals surface area contributed by atoms with Crippen LogP contribution in [0.1, 0.15) is 50.8 Å². The summed E-state index contributed by atoms with van der Waals surface area (Å²) in [6, 6.07) is 10.2. The number of nitrogens with zero attached hydrogens (tertiary/aromatic N) is 2. The number of carbonyl (C=O) groups is 1. The zero-order valence-corrected chi connectivity index (χ0v) is 24.2. The third kappa shape index (κ3) is 6.07. The molecule has 0 aliphatic carbocycles. The van der Waals surface area contributed by atoms with Gasteiger partial charge in [-0.2, -0.15) is 0 Å². The quantitative estimate of drug-likeness (QED) is 0.241. The van der Waals surface area contributed by atoms with E-state index in [2.05, 4.69) is 11.9 Å². The molecule has 0 bridgehead atoms. The molecule has 3 aromatic rings. The summed E-state index contributed by atoms with van der Waals surface area (Å²) in [5, 5.41) is 0. The molecule has 0 N–H and O–H groups in total. The fraction of sp³-hybridized carbons (Fsp3) is 0.367. The molecule has 10 heteroatoms. The second-order valence-corrected chi connectivity index (χ2v) is 9.87. The number of benzene rings is 2. The number of hydrogen-bond donors (Lipinski definition) is 0. The number of rotatable bonds is 12. The Balaban J connectivity index is 1.81. The zero-order chi connectivity index (χ0) is 28.6. The van der Waals surface area contributed by atoms with Crippen LogP contribution in [-0.4, -0.2) is 44.6 Å². The summed E-state index contributed by atoms with van der Waals surface area (Å²) in [6.07, 6.45) is 5.23. The first-order valence-electron chi connectivity index (χ1n) is 13.2. The molecule has 0 fully saturated rings. The SMILES string of the molecule is CCCCOc1ccc(/C=c2\sc3n(c2=O)[C@@H](c2ccc(OCC)c(OCC)c2)C(C(=O)OC)=CN=3)cc1OC. The Labute approximate surface area is 236 Å². The molecule has 1 aliphatic rings. The number of ether oxygens (including phenoxy) is 5. The first-order chi connectivity index (χ1) is 19.4. The lowest BCUT2D eigenvalue weighted by molar-refractivity contribution is -0.136. The Bertz CT molecular complexity index is 1570. The Morgan fingerprint density at radius 3 is 2.40 bits per heavy atom. The van der Waals surface area contributed by atoms with E-state index in [1.54, 1.807) is 25.3 Å². The third-order valence-electron chi connectivity index (χ3n) is 6.25. The largest absolute Gasteiger partial charge is 0.493 e. The number of unbranched alkanes of at least 4 members (excludes halogenated alkanes) is 1. The van der Waals surface area contributed by atoms with Crippen LogP contribution in [-0.2, 0) is 9.53 Å². The fourth-order valence-electron chi connectivity index (χ4n) is 4.36. The maximum Gasteiger partial charge on any atom is 0.337 e. The van der Waals surface area contributed by atoms with E-state index in [9.17, 15) is 9.59 Å². The molecular weight excluding hydrogens is 532 g/mol. The molecule has 1 aromatic heterocycles. The minimum Gasteiger partial charge on any atom is -0.493 e. The molecule has 2 heterocycles. The van der Waals surface area contributed by atoms with Crippen molar-refractivity contribution in [2.45, 2.75) is 39.7 Å². The van der Waals surface area contributed by atoms with Crippen LogP contribution < -0.4 is 33.8 Å². The Morgan fingerprint density at radius 1 is 0.975 bits per heavy atom. The van der Waals surface area contributed by atoms with Gasteiger partial charge in [0.25, 0.3) is 5.56 Å². The molecule has 40 heavy (non-hydrogen) atoms. The van der Waals surface area contributed by atoms with Crippen molar-refractivity contribution in [2.24, 2.45) is 4.99 Å². The minimum absolute atomic E-state index is 0.239. The fourth-order valence-corrected chi connectivity index (χ4v) is 5.33. The molecule has 2 aromatic carbocycles. The molecule has 212 valence electrons. The van der Waals surface area contributed by atoms with E-state index in [4.69, 9.17) is 23.7 Å². The lowest BCUT2D eigenvalue weighted by Crippen LogP contribution is -2.39. The van der Waals surface area contributed by atoms with Crippen molar-refractivity contribution in [2.75, 3.05) is 34.0 Å². The molecule has 1 aliphatic heterocycles. The van der Waals surface area contributed by atoms with Gasteiger partial charge < -0.3 is 23.7 Å². The van der Waals surface area contributed by atoms with Crippen LogP contribution in [0.4, 0.5) is 0 Å². The Hall–Kier alpha value is -4.05. The monoisotopic (exact) mass is 566 g/mol. The lowest BCUT2D eigenvalue weighted by atomic mass is 9.97. The van der Waals surface area contributed by atoms with Crippen LogP contribution in [0.15, 0.2) is 58.0 Å². The first kappa shape index (κ1) is 28.9. The zero-order valence-electron chi connectivity index (χ0n) is 23.4. The highest BCUT2D eigenvalue weighted by Gasteiger charge is 2.31. The number of esters is 1. The standard InChI is InChI=1S/C30H34N2O7S/c1-6-9-14-39-22-12-10-19(15-24(22)35-4)16-26-28(33)32-27(21(29(34)36-5)18-31-30(32)40-26)20-11-13-23(37-7-2)25(17-20)38-8-3/h10-13,15-18,27H,6-9,14H2,1-5H3/b26-16-/t27-/m0/s1. The smallest absolute Gasteiger partial charge is 0.337 e. The number of aromatic nitrogens is 1. The summed E-state index contributed by atoms with van der Waals surface area (Å²) in [5.41, 5.74) is 1.40. The van der Waals surface area contributed by atoms with Crippen molar-refractivity contribution in [3.8, 4) is 23.0 Å². The van der Waals surface area contributed by atoms with E-state index < -0.39 is 12.0 Å². The number of methoxy groups -OCH3 is 2. The molecule has 9 nitrogen and oxygen atoms in total. The minimum atomic E-state index is -0.760. The average molecular weight is 567 g/mol. The van der Waals surface area contributed by atoms with Gasteiger partial charge in [-0.1, -0.05) is 36.8 Å². The summed E-state index contributed by atoms with van der Waals surface area (Å²) in [7, 11) is 2.89. The average Bonchev–Trinajstić information content (AvgIpc) is 3.28. The lowest BCUT2D eigenvalue weighted by Gasteiger charge is -2.23. The van der Waals surface area contributed by atoms with Gasteiger partial charge in [-0.3, -0.25) is 9.36 Å². The molecule has 0 spiro atoms. The van der Waals surface area contributed by atoms with Crippen LogP contribution in [0, 0.1) is 0 Å². The van der Waals surface area contributed by atoms with Gasteiger partial charge in [0.05, 0.1) is 50.2 Å². The van der Waals surface area contributed by atoms with Crippen molar-refractivity contribution in [1.82, 2.24) is 4.57 Å². The summed E-state index contributed by atoms with van der Waals surface area (Å²) in [4.78, 5) is 31.5. The number of hydrogen-bond acceptors (Lipinski definition) is 9. The molecule has 1 atom stereocenters. The van der Waals surface area contributed by atoms with Crippen molar-refractivity contribution in [1.29, 1.82) is 0 Å². The number of thiazole rings is 1. The number of fused-ring (bicyclic) bond motifs is 1. The van der Waals surface area contributed by atoms with Gasteiger partial charge in [0.1, 0.15) is 0 Å². The molecule has 0 radical (unpaired) electrons. The topological polar surface area (TPSA) is 97.6 Å². The van der Waals surface area contributed by atoms with E-state index >= 15 is 0 Å². The summed E-state index contributed by atoms with van der Waals surface area (Å²) >= 11 is 1.24. The second-order valence-electron chi connectivity index (χ2n) is 8.86. The predicted octanol–water partition coefficient (Wildman–Crippen LogP) is 4.00. The maximum absolute atomic E-state index is 13.8. The van der Waals surface area contributed by atoms with E-state index in [1.807, 2.05) is 38.1 Å². The second kappa shape index (κ2) is 13.3. The van der Waals surface area contributed by atoms with Gasteiger partial charge in [-0.25, -0.2) is 9.79 Å². The molecule has 0 saturated heterocycles. The van der Waals surface area contributed by atoms with Crippen LogP contribution in [0.25, 0.3) is 6.08 Å².